The summed E-state index contributed by atoms with van der Waals surface area (Å²) in [6, 6.07) is 10.2. The molecule has 1 fully saturated rings. The van der Waals surface area contributed by atoms with Gasteiger partial charge in [-0.15, -0.1) is 0 Å². The molecule has 0 aliphatic carbocycles. The topological polar surface area (TPSA) is 44.8 Å². The van der Waals surface area contributed by atoms with Gasteiger partial charge in [-0.2, -0.15) is 0 Å². The number of aryl methyl sites for hydroxylation is 1. The van der Waals surface area contributed by atoms with Crippen LogP contribution in [-0.4, -0.2) is 31.6 Å². The molecular formula is C19H26O4. The molecule has 1 aromatic carbocycles. The highest BCUT2D eigenvalue weighted by atomic mass is 16.7. The minimum atomic E-state index is -0.260. The Morgan fingerprint density at radius 3 is 2.87 bits per heavy atom. The maximum atomic E-state index is 11.2. The number of rotatable bonds is 8. The van der Waals surface area contributed by atoms with E-state index < -0.39 is 0 Å². The zero-order valence-corrected chi connectivity index (χ0v) is 13.8. The Balaban J connectivity index is 1.75. The van der Waals surface area contributed by atoms with Gasteiger partial charge >= 0.3 is 5.97 Å². The fourth-order valence-corrected chi connectivity index (χ4v) is 2.57. The van der Waals surface area contributed by atoms with E-state index in [1.54, 1.807) is 0 Å². The molecule has 0 N–H and O–H groups in total. The molecule has 2 rings (SSSR count). The average Bonchev–Trinajstić information content (AvgIpc) is 2.58. The lowest BCUT2D eigenvalue weighted by molar-refractivity contribution is -0.155. The van der Waals surface area contributed by atoms with E-state index in [2.05, 4.69) is 12.1 Å². The third kappa shape index (κ3) is 7.44. The first-order valence-corrected chi connectivity index (χ1v) is 8.35. The van der Waals surface area contributed by atoms with Gasteiger partial charge in [-0.25, -0.2) is 0 Å². The maximum absolute atomic E-state index is 11.2. The standard InChI is InChI=1S/C19H26O4/c1-16(20)23-18(13-12-17-8-3-2-4-9-17)10-7-15-22-19-11-5-6-14-21-19/h2-4,7-10,18-19H,5-6,11-15H2,1H3/b10-7+. The van der Waals surface area contributed by atoms with Crippen molar-refractivity contribution in [2.45, 2.75) is 51.4 Å². The molecule has 4 nitrogen and oxygen atoms in total. The monoisotopic (exact) mass is 318 g/mol. The SMILES string of the molecule is CC(=O)OC(/C=C/COC1CCCCO1)CCc1ccccc1. The largest absolute Gasteiger partial charge is 0.458 e. The number of benzene rings is 1. The van der Waals surface area contributed by atoms with E-state index in [1.807, 2.05) is 30.4 Å². The highest BCUT2D eigenvalue weighted by Gasteiger charge is 2.13. The Hall–Kier alpha value is -1.65. The summed E-state index contributed by atoms with van der Waals surface area (Å²) in [5.41, 5.74) is 1.24. The molecule has 0 amide bonds. The highest BCUT2D eigenvalue weighted by molar-refractivity contribution is 5.66. The van der Waals surface area contributed by atoms with Gasteiger partial charge < -0.3 is 14.2 Å². The van der Waals surface area contributed by atoms with Crippen molar-refractivity contribution in [3.63, 3.8) is 0 Å². The Bertz CT molecular complexity index is 477. The van der Waals surface area contributed by atoms with Crippen molar-refractivity contribution in [2.24, 2.45) is 0 Å². The minimum absolute atomic E-state index is 0.0927. The smallest absolute Gasteiger partial charge is 0.303 e. The van der Waals surface area contributed by atoms with Crippen LogP contribution in [0.3, 0.4) is 0 Å². The molecule has 1 aromatic rings. The van der Waals surface area contributed by atoms with Crippen LogP contribution in [0.5, 0.6) is 0 Å². The summed E-state index contributed by atoms with van der Waals surface area (Å²) < 4.78 is 16.5. The summed E-state index contributed by atoms with van der Waals surface area (Å²) in [5.74, 6) is -0.260. The summed E-state index contributed by atoms with van der Waals surface area (Å²) in [4.78, 5) is 11.2. The van der Waals surface area contributed by atoms with E-state index in [-0.39, 0.29) is 18.4 Å². The Morgan fingerprint density at radius 2 is 2.17 bits per heavy atom. The lowest BCUT2D eigenvalue weighted by Gasteiger charge is -2.22. The first-order chi connectivity index (χ1) is 11.2. The van der Waals surface area contributed by atoms with Crippen molar-refractivity contribution in [3.05, 3.63) is 48.0 Å². The van der Waals surface area contributed by atoms with Crippen molar-refractivity contribution < 1.29 is 19.0 Å². The van der Waals surface area contributed by atoms with Crippen LogP contribution >= 0.6 is 0 Å². The van der Waals surface area contributed by atoms with Crippen LogP contribution in [-0.2, 0) is 25.4 Å². The summed E-state index contributed by atoms with van der Waals surface area (Å²) >= 11 is 0. The number of hydrogen-bond acceptors (Lipinski definition) is 4. The molecule has 0 bridgehead atoms. The molecule has 2 atom stereocenters. The van der Waals surface area contributed by atoms with E-state index in [1.165, 1.54) is 12.5 Å². The molecule has 0 aromatic heterocycles. The predicted molar refractivity (Wildman–Crippen MR) is 89.0 cm³/mol. The van der Waals surface area contributed by atoms with E-state index >= 15 is 0 Å². The Morgan fingerprint density at radius 1 is 1.35 bits per heavy atom. The van der Waals surface area contributed by atoms with Gasteiger partial charge in [-0.3, -0.25) is 4.79 Å². The molecule has 1 aliphatic heterocycles. The second-order valence-electron chi connectivity index (χ2n) is 5.73. The van der Waals surface area contributed by atoms with Gasteiger partial charge in [-0.1, -0.05) is 36.4 Å². The molecule has 0 saturated carbocycles. The quantitative estimate of drug-likeness (QED) is 0.542. The fourth-order valence-electron chi connectivity index (χ4n) is 2.57. The summed E-state index contributed by atoms with van der Waals surface area (Å²) in [6.45, 7) is 2.70. The van der Waals surface area contributed by atoms with Crippen LogP contribution in [0.1, 0.15) is 38.2 Å². The number of esters is 1. The number of carbonyl (C=O) groups excluding carboxylic acids is 1. The molecule has 1 saturated heterocycles. The van der Waals surface area contributed by atoms with Crippen molar-refractivity contribution >= 4 is 5.97 Å². The number of hydrogen-bond donors (Lipinski definition) is 0. The van der Waals surface area contributed by atoms with Gasteiger partial charge in [0, 0.05) is 13.5 Å². The molecule has 0 spiro atoms. The fraction of sp³-hybridized carbons (Fsp3) is 0.526. The molecular weight excluding hydrogens is 292 g/mol. The van der Waals surface area contributed by atoms with Crippen molar-refractivity contribution in [3.8, 4) is 0 Å². The van der Waals surface area contributed by atoms with Crippen LogP contribution in [0.25, 0.3) is 0 Å². The van der Waals surface area contributed by atoms with Crippen LogP contribution in [0, 0.1) is 0 Å². The van der Waals surface area contributed by atoms with Crippen molar-refractivity contribution in [2.75, 3.05) is 13.2 Å². The lowest BCUT2D eigenvalue weighted by atomic mass is 10.1. The number of ether oxygens (including phenoxy) is 3. The highest BCUT2D eigenvalue weighted by Crippen LogP contribution is 2.14. The molecule has 126 valence electrons. The maximum Gasteiger partial charge on any atom is 0.303 e. The Kier molecular flexibility index (Phi) is 7.84. The van der Waals surface area contributed by atoms with Gasteiger partial charge in [0.25, 0.3) is 0 Å². The van der Waals surface area contributed by atoms with Gasteiger partial charge in [0.1, 0.15) is 6.10 Å². The van der Waals surface area contributed by atoms with Crippen LogP contribution in [0.2, 0.25) is 0 Å². The first kappa shape index (κ1) is 17.7. The second kappa shape index (κ2) is 10.2. The van der Waals surface area contributed by atoms with Crippen LogP contribution < -0.4 is 0 Å². The summed E-state index contributed by atoms with van der Waals surface area (Å²) in [7, 11) is 0. The number of carbonyl (C=O) groups is 1. The van der Waals surface area contributed by atoms with Crippen molar-refractivity contribution in [1.82, 2.24) is 0 Å². The van der Waals surface area contributed by atoms with E-state index in [0.29, 0.717) is 6.61 Å². The van der Waals surface area contributed by atoms with Crippen LogP contribution in [0.4, 0.5) is 0 Å². The molecule has 1 aliphatic rings. The predicted octanol–water partition coefficient (Wildman–Crippen LogP) is 3.65. The van der Waals surface area contributed by atoms with Gasteiger partial charge in [0.2, 0.25) is 0 Å². The lowest BCUT2D eigenvalue weighted by Crippen LogP contribution is -2.22. The van der Waals surface area contributed by atoms with Gasteiger partial charge in [-0.05, 0) is 43.7 Å². The third-order valence-electron chi connectivity index (χ3n) is 3.74. The van der Waals surface area contributed by atoms with Gasteiger partial charge in [0.15, 0.2) is 6.29 Å². The molecule has 4 heteroatoms. The zero-order chi connectivity index (χ0) is 16.3. The van der Waals surface area contributed by atoms with Crippen LogP contribution in [0.15, 0.2) is 42.5 Å². The van der Waals surface area contributed by atoms with E-state index in [4.69, 9.17) is 14.2 Å². The van der Waals surface area contributed by atoms with Crippen molar-refractivity contribution in [1.29, 1.82) is 0 Å². The zero-order valence-electron chi connectivity index (χ0n) is 13.8. The summed E-state index contributed by atoms with van der Waals surface area (Å²) in [6.07, 6.45) is 8.37. The second-order valence-corrected chi connectivity index (χ2v) is 5.73. The normalized spacial score (nSPS) is 19.6. The van der Waals surface area contributed by atoms with Gasteiger partial charge in [0.05, 0.1) is 6.61 Å². The molecule has 1 heterocycles. The molecule has 0 radical (unpaired) electrons. The van der Waals surface area contributed by atoms with E-state index in [9.17, 15) is 4.79 Å². The Labute approximate surface area is 138 Å². The molecule has 23 heavy (non-hydrogen) atoms. The summed E-state index contributed by atoms with van der Waals surface area (Å²) in [5, 5.41) is 0. The molecule has 2 unspecified atom stereocenters. The van der Waals surface area contributed by atoms with E-state index in [0.717, 1.165) is 38.7 Å². The minimum Gasteiger partial charge on any atom is -0.458 e. The average molecular weight is 318 g/mol. The third-order valence-corrected chi connectivity index (χ3v) is 3.74. The first-order valence-electron chi connectivity index (χ1n) is 8.35.